The van der Waals surface area contributed by atoms with Crippen LogP contribution in [0.1, 0.15) is 17.7 Å². The zero-order valence-corrected chi connectivity index (χ0v) is 19.0. The first kappa shape index (κ1) is 23.2. The second kappa shape index (κ2) is 9.90. The number of carbonyl (C=O) groups excluding carboxylic acids is 3. The molecule has 2 saturated heterocycles. The Balaban J connectivity index is 1.32. The van der Waals surface area contributed by atoms with Gasteiger partial charge in [-0.3, -0.25) is 14.4 Å². The number of aliphatic hydroxyl groups is 2. The van der Waals surface area contributed by atoms with Crippen molar-refractivity contribution in [1.82, 2.24) is 15.5 Å². The summed E-state index contributed by atoms with van der Waals surface area (Å²) in [5.41, 5.74) is 0.159. The number of benzene rings is 1. The van der Waals surface area contributed by atoms with E-state index >= 15 is 0 Å². The van der Waals surface area contributed by atoms with Gasteiger partial charge in [0.05, 0.1) is 6.67 Å². The van der Waals surface area contributed by atoms with Crippen molar-refractivity contribution in [3.05, 3.63) is 52.7 Å². The van der Waals surface area contributed by atoms with Gasteiger partial charge in [-0.15, -0.1) is 11.3 Å². The molecule has 0 unspecified atom stereocenters. The van der Waals surface area contributed by atoms with Crippen LogP contribution in [0.25, 0.3) is 0 Å². The number of nitrogens with one attached hydrogen (secondary N) is 2. The quantitative estimate of drug-likeness (QED) is 0.453. The van der Waals surface area contributed by atoms with Gasteiger partial charge in [-0.05, 0) is 42.8 Å². The molecule has 3 amide bonds. The van der Waals surface area contributed by atoms with E-state index in [0.717, 1.165) is 10.6 Å². The molecule has 2 aromatic rings. The average molecular weight is 473 g/mol. The molecule has 9 nitrogen and oxygen atoms in total. The maximum absolute atomic E-state index is 12.8. The number of aliphatic hydroxyl groups excluding tert-OH is 2. The van der Waals surface area contributed by atoms with Crippen molar-refractivity contribution in [1.29, 1.82) is 0 Å². The molecule has 0 bridgehead atoms. The number of para-hydroxylation sites is 1. The second-order valence-corrected chi connectivity index (χ2v) is 9.33. The van der Waals surface area contributed by atoms with Crippen LogP contribution in [-0.2, 0) is 20.8 Å². The number of likely N-dealkylation sites (tertiary alicyclic amines) is 1. The van der Waals surface area contributed by atoms with Gasteiger partial charge in [0, 0.05) is 30.2 Å². The van der Waals surface area contributed by atoms with Crippen LogP contribution in [-0.4, -0.2) is 76.9 Å². The molecule has 10 heteroatoms. The van der Waals surface area contributed by atoms with E-state index in [0.29, 0.717) is 32.5 Å². The van der Waals surface area contributed by atoms with Crippen molar-refractivity contribution in [3.63, 3.8) is 0 Å². The van der Waals surface area contributed by atoms with Gasteiger partial charge < -0.3 is 30.6 Å². The number of anilines is 1. The topological polar surface area (TPSA) is 122 Å². The molecule has 4 rings (SSSR count). The molecule has 0 saturated carbocycles. The summed E-state index contributed by atoms with van der Waals surface area (Å²) in [6.07, 6.45) is -2.34. The summed E-state index contributed by atoms with van der Waals surface area (Å²) in [5.74, 6) is -1.58. The van der Waals surface area contributed by atoms with E-state index in [4.69, 9.17) is 0 Å². The Hall–Kier alpha value is -2.95. The highest BCUT2D eigenvalue weighted by molar-refractivity contribution is 7.09. The fourth-order valence-corrected chi connectivity index (χ4v) is 5.17. The Bertz CT molecular complexity index is 976. The molecule has 2 aliphatic heterocycles. The SMILES string of the molecule is O=C(NCCc1cccs1)[C@H](O)[C@@H](O)C(=O)N1CCC2(CC1)C(=O)NCN2c1ccccc1. The normalized spacial score (nSPS) is 19.3. The van der Waals surface area contributed by atoms with Crippen LogP contribution in [0, 0.1) is 0 Å². The van der Waals surface area contributed by atoms with E-state index < -0.39 is 29.6 Å². The third kappa shape index (κ3) is 4.73. The van der Waals surface area contributed by atoms with E-state index in [9.17, 15) is 24.6 Å². The summed E-state index contributed by atoms with van der Waals surface area (Å²) in [7, 11) is 0. The lowest BCUT2D eigenvalue weighted by Gasteiger charge is -2.43. The van der Waals surface area contributed by atoms with E-state index in [1.165, 1.54) is 4.90 Å². The summed E-state index contributed by atoms with van der Waals surface area (Å²) >= 11 is 1.56. The van der Waals surface area contributed by atoms with Crippen molar-refractivity contribution < 1.29 is 24.6 Å². The van der Waals surface area contributed by atoms with Gasteiger partial charge in [0.1, 0.15) is 5.54 Å². The van der Waals surface area contributed by atoms with Crippen molar-refractivity contribution >= 4 is 34.7 Å². The first-order valence-electron chi connectivity index (χ1n) is 11.0. The minimum atomic E-state index is -1.86. The number of thiophene rings is 1. The standard InChI is InChI=1S/C23H28N4O5S/c28-18(20(30)24-11-8-17-7-4-14-33-17)19(29)21(31)26-12-9-23(10-13-26)22(32)25-15-27(23)16-5-2-1-3-6-16/h1-7,14,18-19,28-29H,8-13,15H2,(H,24,30)(H,25,32)/t18-,19-/m1/s1. The van der Waals surface area contributed by atoms with Crippen LogP contribution in [0.3, 0.4) is 0 Å². The molecule has 1 aromatic carbocycles. The second-order valence-electron chi connectivity index (χ2n) is 8.29. The molecule has 0 radical (unpaired) electrons. The molecule has 3 heterocycles. The van der Waals surface area contributed by atoms with E-state index in [2.05, 4.69) is 10.6 Å². The highest BCUT2D eigenvalue weighted by atomic mass is 32.1. The number of piperidine rings is 1. The van der Waals surface area contributed by atoms with Crippen LogP contribution in [0.2, 0.25) is 0 Å². The van der Waals surface area contributed by atoms with Gasteiger partial charge in [-0.1, -0.05) is 24.3 Å². The number of hydrogen-bond donors (Lipinski definition) is 4. The third-order valence-electron chi connectivity index (χ3n) is 6.38. The molecule has 4 N–H and O–H groups in total. The average Bonchev–Trinajstić information content (AvgIpc) is 3.47. The van der Waals surface area contributed by atoms with Gasteiger partial charge in [-0.25, -0.2) is 0 Å². The van der Waals surface area contributed by atoms with Gasteiger partial charge in [0.25, 0.3) is 11.8 Å². The Kier molecular flexibility index (Phi) is 6.96. The van der Waals surface area contributed by atoms with Gasteiger partial charge in [-0.2, -0.15) is 0 Å². The Morgan fingerprint density at radius 3 is 2.48 bits per heavy atom. The zero-order chi connectivity index (χ0) is 23.4. The van der Waals surface area contributed by atoms with Crippen LogP contribution < -0.4 is 15.5 Å². The molecular formula is C23H28N4O5S. The van der Waals surface area contributed by atoms with Crippen LogP contribution in [0.5, 0.6) is 0 Å². The molecule has 33 heavy (non-hydrogen) atoms. The molecule has 2 aliphatic rings. The first-order chi connectivity index (χ1) is 15.9. The van der Waals surface area contributed by atoms with E-state index in [1.807, 2.05) is 52.7 Å². The van der Waals surface area contributed by atoms with Gasteiger partial charge >= 0.3 is 0 Å². The number of amides is 3. The number of hydrogen-bond acceptors (Lipinski definition) is 7. The fraction of sp³-hybridized carbons (Fsp3) is 0.435. The number of nitrogens with zero attached hydrogens (tertiary/aromatic N) is 2. The van der Waals surface area contributed by atoms with Crippen LogP contribution >= 0.6 is 11.3 Å². The van der Waals surface area contributed by atoms with Crippen molar-refractivity contribution in [2.24, 2.45) is 0 Å². The molecular weight excluding hydrogens is 444 g/mol. The molecule has 2 fully saturated rings. The summed E-state index contributed by atoms with van der Waals surface area (Å²) in [5, 5.41) is 27.9. The van der Waals surface area contributed by atoms with E-state index in [-0.39, 0.29) is 19.0 Å². The summed E-state index contributed by atoms with van der Waals surface area (Å²) in [6.45, 7) is 1.16. The lowest BCUT2D eigenvalue weighted by molar-refractivity contribution is -0.154. The molecule has 1 aromatic heterocycles. The largest absolute Gasteiger partial charge is 0.380 e. The maximum atomic E-state index is 12.8. The monoisotopic (exact) mass is 472 g/mol. The minimum absolute atomic E-state index is 0.0795. The first-order valence-corrected chi connectivity index (χ1v) is 11.9. The summed E-state index contributed by atoms with van der Waals surface area (Å²) < 4.78 is 0. The Morgan fingerprint density at radius 2 is 1.82 bits per heavy atom. The van der Waals surface area contributed by atoms with Crippen molar-refractivity contribution in [2.75, 3.05) is 31.2 Å². The lowest BCUT2D eigenvalue weighted by atomic mass is 9.85. The van der Waals surface area contributed by atoms with E-state index in [1.54, 1.807) is 11.3 Å². The zero-order valence-electron chi connectivity index (χ0n) is 18.1. The maximum Gasteiger partial charge on any atom is 0.254 e. The van der Waals surface area contributed by atoms with Crippen LogP contribution in [0.4, 0.5) is 5.69 Å². The van der Waals surface area contributed by atoms with Crippen LogP contribution in [0.15, 0.2) is 47.8 Å². The fourth-order valence-electron chi connectivity index (χ4n) is 4.46. The minimum Gasteiger partial charge on any atom is -0.380 e. The molecule has 176 valence electrons. The molecule has 2 atom stereocenters. The Labute approximate surface area is 196 Å². The van der Waals surface area contributed by atoms with Crippen molar-refractivity contribution in [2.45, 2.75) is 37.0 Å². The highest BCUT2D eigenvalue weighted by Crippen LogP contribution is 2.36. The predicted octanol–water partition coefficient (Wildman–Crippen LogP) is 0.0837. The number of rotatable bonds is 7. The molecule has 1 spiro atoms. The summed E-state index contributed by atoms with van der Waals surface area (Å²) in [4.78, 5) is 42.2. The molecule has 0 aliphatic carbocycles. The lowest BCUT2D eigenvalue weighted by Crippen LogP contribution is -2.59. The Morgan fingerprint density at radius 1 is 1.09 bits per heavy atom. The predicted molar refractivity (Wildman–Crippen MR) is 124 cm³/mol. The third-order valence-corrected chi connectivity index (χ3v) is 7.31. The van der Waals surface area contributed by atoms with Gasteiger partial charge in [0.2, 0.25) is 5.91 Å². The number of carbonyl (C=O) groups is 3. The smallest absolute Gasteiger partial charge is 0.254 e. The highest BCUT2D eigenvalue weighted by Gasteiger charge is 2.51. The summed E-state index contributed by atoms with van der Waals surface area (Å²) in [6, 6.07) is 13.5. The van der Waals surface area contributed by atoms with Crippen molar-refractivity contribution in [3.8, 4) is 0 Å². The van der Waals surface area contributed by atoms with Gasteiger partial charge in [0.15, 0.2) is 12.2 Å².